The Labute approximate surface area is 227 Å². The van der Waals surface area contributed by atoms with Crippen molar-refractivity contribution in [2.45, 2.75) is 37.5 Å². The van der Waals surface area contributed by atoms with Crippen molar-refractivity contribution in [2.75, 3.05) is 32.3 Å². The summed E-state index contributed by atoms with van der Waals surface area (Å²) in [6.07, 6.45) is 8.84. The molecule has 0 bridgehead atoms. The van der Waals surface area contributed by atoms with Crippen LogP contribution in [0.2, 0.25) is 0 Å². The van der Waals surface area contributed by atoms with E-state index in [0.29, 0.717) is 17.9 Å². The molecule has 2 N–H and O–H groups in total. The summed E-state index contributed by atoms with van der Waals surface area (Å²) < 4.78 is 5.47. The van der Waals surface area contributed by atoms with Gasteiger partial charge in [-0.2, -0.15) is 11.8 Å². The van der Waals surface area contributed by atoms with Crippen molar-refractivity contribution >= 4 is 34.4 Å². The van der Waals surface area contributed by atoms with Gasteiger partial charge in [0.2, 0.25) is 0 Å². The van der Waals surface area contributed by atoms with Gasteiger partial charge in [-0.3, -0.25) is 9.78 Å². The third kappa shape index (κ3) is 5.76. The molecule has 3 heterocycles. The summed E-state index contributed by atoms with van der Waals surface area (Å²) in [5.41, 5.74) is 3.55. The molecule has 0 saturated carbocycles. The average Bonchev–Trinajstić information content (AvgIpc) is 2.96. The summed E-state index contributed by atoms with van der Waals surface area (Å²) in [6.45, 7) is 6.72. The van der Waals surface area contributed by atoms with Crippen molar-refractivity contribution in [3.63, 3.8) is 0 Å². The van der Waals surface area contributed by atoms with Crippen LogP contribution in [0.5, 0.6) is 0 Å². The Hall–Kier alpha value is -3.63. The first-order chi connectivity index (χ1) is 18.3. The molecule has 0 radical (unpaired) electrons. The number of amides is 1. The van der Waals surface area contributed by atoms with Crippen molar-refractivity contribution in [3.8, 4) is 11.3 Å². The van der Waals surface area contributed by atoms with E-state index in [-0.39, 0.29) is 17.1 Å². The van der Waals surface area contributed by atoms with Gasteiger partial charge in [-0.1, -0.05) is 25.1 Å². The van der Waals surface area contributed by atoms with E-state index in [4.69, 9.17) is 4.74 Å². The molecule has 0 aliphatic heterocycles. The van der Waals surface area contributed by atoms with Gasteiger partial charge < -0.3 is 15.4 Å². The molecule has 4 rings (SSSR count). The first-order valence-corrected chi connectivity index (χ1v) is 13.6. The van der Waals surface area contributed by atoms with Gasteiger partial charge in [0.25, 0.3) is 5.91 Å². The number of carbonyl (C=O) groups is 1. The van der Waals surface area contributed by atoms with Gasteiger partial charge in [0, 0.05) is 61.6 Å². The zero-order valence-electron chi connectivity index (χ0n) is 22.5. The predicted octanol–water partition coefficient (Wildman–Crippen LogP) is 4.67. The van der Waals surface area contributed by atoms with Crippen molar-refractivity contribution in [2.24, 2.45) is 0 Å². The average molecular weight is 532 g/mol. The standard InChI is InChI=1S/C28H33N7O2S/c1-17(19-8-7-9-20-21(26(36)29-4)10-11-30-25(19)20)23(38-6)15-31-24-12-22(34-16-35-24)18-13-32-27(33-14-18)28(2,3)37-5/h7-14,16-17,23H,15H2,1-6H3,(H,29,36)(H,31,34,35). The minimum Gasteiger partial charge on any atom is -0.371 e. The molecular weight excluding hydrogens is 498 g/mol. The number of benzene rings is 1. The molecule has 2 atom stereocenters. The summed E-state index contributed by atoms with van der Waals surface area (Å²) in [5.74, 6) is 1.38. The number of aromatic nitrogens is 5. The van der Waals surface area contributed by atoms with Crippen LogP contribution in [0, 0.1) is 0 Å². The quantitative estimate of drug-likeness (QED) is 0.301. The van der Waals surface area contributed by atoms with Crippen molar-refractivity contribution in [1.29, 1.82) is 0 Å². The first kappa shape index (κ1) is 27.4. The molecule has 4 aromatic rings. The number of thioether (sulfide) groups is 1. The molecule has 38 heavy (non-hydrogen) atoms. The number of carbonyl (C=O) groups excluding carboxylic acids is 1. The van der Waals surface area contributed by atoms with Gasteiger partial charge in [0.15, 0.2) is 5.82 Å². The van der Waals surface area contributed by atoms with Gasteiger partial charge in [-0.25, -0.2) is 19.9 Å². The molecule has 0 saturated heterocycles. The molecular formula is C28H33N7O2S. The van der Waals surface area contributed by atoms with Gasteiger partial charge in [-0.05, 0) is 37.7 Å². The number of para-hydroxylation sites is 1. The smallest absolute Gasteiger partial charge is 0.251 e. The van der Waals surface area contributed by atoms with E-state index in [1.54, 1.807) is 50.6 Å². The number of anilines is 1. The predicted molar refractivity (Wildman–Crippen MR) is 152 cm³/mol. The maximum atomic E-state index is 12.4. The fourth-order valence-electron chi connectivity index (χ4n) is 4.24. The molecule has 1 aromatic carbocycles. The van der Waals surface area contributed by atoms with E-state index < -0.39 is 5.60 Å². The zero-order valence-corrected chi connectivity index (χ0v) is 23.3. The lowest BCUT2D eigenvalue weighted by Crippen LogP contribution is -2.23. The number of nitrogens with one attached hydrogen (secondary N) is 2. The fourth-order valence-corrected chi connectivity index (χ4v) is 5.05. The van der Waals surface area contributed by atoms with Crippen LogP contribution in [-0.4, -0.2) is 63.0 Å². The van der Waals surface area contributed by atoms with Crippen LogP contribution < -0.4 is 10.6 Å². The summed E-state index contributed by atoms with van der Waals surface area (Å²) >= 11 is 1.78. The Bertz CT molecular complexity index is 1410. The molecule has 198 valence electrons. The Morgan fingerprint density at radius 2 is 1.87 bits per heavy atom. The highest BCUT2D eigenvalue weighted by molar-refractivity contribution is 7.99. The van der Waals surface area contributed by atoms with Crippen molar-refractivity contribution in [3.05, 3.63) is 72.2 Å². The molecule has 1 amide bonds. The lowest BCUT2D eigenvalue weighted by molar-refractivity contribution is 0.0115. The lowest BCUT2D eigenvalue weighted by Gasteiger charge is -2.24. The van der Waals surface area contributed by atoms with E-state index in [2.05, 4.69) is 54.8 Å². The number of methoxy groups -OCH3 is 1. The second-order valence-corrected chi connectivity index (χ2v) is 10.5. The number of hydrogen-bond acceptors (Lipinski definition) is 9. The highest BCUT2D eigenvalue weighted by Gasteiger charge is 2.24. The van der Waals surface area contributed by atoms with E-state index in [0.717, 1.165) is 33.5 Å². The van der Waals surface area contributed by atoms with Crippen LogP contribution in [0.4, 0.5) is 5.82 Å². The second kappa shape index (κ2) is 11.8. The van der Waals surface area contributed by atoms with E-state index >= 15 is 0 Å². The van der Waals surface area contributed by atoms with Crippen molar-refractivity contribution in [1.82, 2.24) is 30.2 Å². The molecule has 0 aliphatic rings. The van der Waals surface area contributed by atoms with Crippen LogP contribution in [-0.2, 0) is 10.3 Å². The molecule has 3 aromatic heterocycles. The van der Waals surface area contributed by atoms with E-state index in [1.165, 1.54) is 6.33 Å². The number of nitrogens with zero attached hydrogens (tertiary/aromatic N) is 5. The van der Waals surface area contributed by atoms with Gasteiger partial charge >= 0.3 is 0 Å². The highest BCUT2D eigenvalue weighted by Crippen LogP contribution is 2.33. The maximum Gasteiger partial charge on any atom is 0.251 e. The number of pyridine rings is 1. The van der Waals surface area contributed by atoms with Gasteiger partial charge in [0.05, 0.1) is 16.8 Å². The van der Waals surface area contributed by atoms with Crippen LogP contribution in [0.25, 0.3) is 22.2 Å². The molecule has 0 fully saturated rings. The van der Waals surface area contributed by atoms with E-state index in [9.17, 15) is 4.79 Å². The molecule has 0 spiro atoms. The normalized spacial score (nSPS) is 13.2. The van der Waals surface area contributed by atoms with Gasteiger partial charge in [-0.15, -0.1) is 0 Å². The fraction of sp³-hybridized carbons (Fsp3) is 0.357. The Morgan fingerprint density at radius 1 is 1.11 bits per heavy atom. The van der Waals surface area contributed by atoms with Crippen molar-refractivity contribution < 1.29 is 9.53 Å². The third-order valence-electron chi connectivity index (χ3n) is 6.77. The van der Waals surface area contributed by atoms with Crippen LogP contribution >= 0.6 is 11.8 Å². The Kier molecular flexibility index (Phi) is 8.53. The molecule has 0 aliphatic carbocycles. The van der Waals surface area contributed by atoms with Crippen LogP contribution in [0.1, 0.15) is 48.4 Å². The zero-order chi connectivity index (χ0) is 27.3. The number of hydrogen-bond donors (Lipinski definition) is 2. The summed E-state index contributed by atoms with van der Waals surface area (Å²) in [7, 11) is 3.28. The largest absolute Gasteiger partial charge is 0.371 e. The third-order valence-corrected chi connectivity index (χ3v) is 7.95. The topological polar surface area (TPSA) is 115 Å². The Morgan fingerprint density at radius 3 is 2.55 bits per heavy atom. The molecule has 9 nitrogen and oxygen atoms in total. The lowest BCUT2D eigenvalue weighted by atomic mass is 9.93. The SMILES string of the molecule is CNC(=O)c1ccnc2c(C(C)C(CNc3cc(-c4cnc(C(C)(C)OC)nc4)ncn3)SC)cccc12. The minimum absolute atomic E-state index is 0.118. The molecule has 2 unspecified atom stereocenters. The first-order valence-electron chi connectivity index (χ1n) is 12.4. The summed E-state index contributed by atoms with van der Waals surface area (Å²) in [5, 5.41) is 7.27. The van der Waals surface area contributed by atoms with Crippen LogP contribution in [0.15, 0.2) is 55.2 Å². The minimum atomic E-state index is -0.565. The second-order valence-electron chi connectivity index (χ2n) is 9.42. The van der Waals surface area contributed by atoms with E-state index in [1.807, 2.05) is 32.0 Å². The van der Waals surface area contributed by atoms with Gasteiger partial charge in [0.1, 0.15) is 17.7 Å². The Balaban J connectivity index is 1.52. The summed E-state index contributed by atoms with van der Waals surface area (Å²) in [4.78, 5) is 34.8. The maximum absolute atomic E-state index is 12.4. The monoisotopic (exact) mass is 531 g/mol. The molecule has 10 heteroatoms. The van der Waals surface area contributed by atoms with Crippen LogP contribution in [0.3, 0.4) is 0 Å². The number of fused-ring (bicyclic) bond motifs is 1. The number of ether oxygens (including phenoxy) is 1. The highest BCUT2D eigenvalue weighted by atomic mass is 32.2. The number of rotatable bonds is 10. The summed E-state index contributed by atoms with van der Waals surface area (Å²) in [6, 6.07) is 9.69.